The lowest BCUT2D eigenvalue weighted by molar-refractivity contribution is 0.996. The molecular weight excluding hydrogens is 252 g/mol. The molecule has 0 radical (unpaired) electrons. The van der Waals surface area contributed by atoms with Crippen LogP contribution in [0, 0.1) is 0 Å². The number of hydrogen-bond acceptors (Lipinski definition) is 0. The summed E-state index contributed by atoms with van der Waals surface area (Å²) in [5.41, 5.74) is 5.33. The fourth-order valence-corrected chi connectivity index (χ4v) is 2.45. The predicted molar refractivity (Wildman–Crippen MR) is 94.1 cm³/mol. The summed E-state index contributed by atoms with van der Waals surface area (Å²) < 4.78 is 0. The van der Waals surface area contributed by atoms with E-state index >= 15 is 0 Å². The van der Waals surface area contributed by atoms with Crippen molar-refractivity contribution in [2.24, 2.45) is 0 Å². The molecule has 0 spiro atoms. The van der Waals surface area contributed by atoms with Gasteiger partial charge in [0.1, 0.15) is 0 Å². The van der Waals surface area contributed by atoms with E-state index in [1.54, 1.807) is 0 Å². The van der Waals surface area contributed by atoms with E-state index in [0.717, 1.165) is 19.3 Å². The van der Waals surface area contributed by atoms with Crippen LogP contribution in [0.2, 0.25) is 0 Å². The van der Waals surface area contributed by atoms with Crippen LogP contribution in [0.3, 0.4) is 0 Å². The standard InChI is InChI=1S/C21H24/c1-3-5-12-18(4-2)17-21(19-13-8-6-9-14-19)20-15-10-7-11-16-20/h4-10,12-15,17H,3,11,16H2,1-2H3/b12-5-,18-4+,21-17+. The lowest BCUT2D eigenvalue weighted by Gasteiger charge is -2.14. The highest BCUT2D eigenvalue weighted by Gasteiger charge is 2.09. The molecular formula is C21H24. The molecule has 0 aliphatic heterocycles. The van der Waals surface area contributed by atoms with Crippen LogP contribution in [0.25, 0.3) is 5.57 Å². The van der Waals surface area contributed by atoms with Gasteiger partial charge in [-0.3, -0.25) is 0 Å². The Balaban J connectivity index is 2.43. The molecule has 108 valence electrons. The van der Waals surface area contributed by atoms with Crippen LogP contribution < -0.4 is 0 Å². The lowest BCUT2D eigenvalue weighted by Crippen LogP contribution is -1.94. The van der Waals surface area contributed by atoms with Gasteiger partial charge in [0.2, 0.25) is 0 Å². The highest BCUT2D eigenvalue weighted by molar-refractivity contribution is 5.81. The van der Waals surface area contributed by atoms with E-state index in [1.165, 1.54) is 22.3 Å². The SMILES string of the molecule is C/C=C(\C=C/CC)/C=C(/C1=CC=CCC1)c1ccccc1. The molecule has 0 unspecified atom stereocenters. The van der Waals surface area contributed by atoms with Crippen molar-refractivity contribution >= 4 is 5.57 Å². The van der Waals surface area contributed by atoms with Gasteiger partial charge in [0.25, 0.3) is 0 Å². The minimum Gasteiger partial charge on any atom is -0.0842 e. The van der Waals surface area contributed by atoms with Gasteiger partial charge in [0, 0.05) is 0 Å². The monoisotopic (exact) mass is 276 g/mol. The Morgan fingerprint density at radius 3 is 2.62 bits per heavy atom. The first-order chi connectivity index (χ1) is 10.3. The van der Waals surface area contributed by atoms with E-state index in [9.17, 15) is 0 Å². The quantitative estimate of drug-likeness (QED) is 0.557. The molecule has 1 aromatic rings. The van der Waals surface area contributed by atoms with Crippen molar-refractivity contribution in [1.29, 1.82) is 0 Å². The number of allylic oxidation sites excluding steroid dienone is 10. The van der Waals surface area contributed by atoms with Gasteiger partial charge in [-0.05, 0) is 54.5 Å². The van der Waals surface area contributed by atoms with Crippen molar-refractivity contribution in [1.82, 2.24) is 0 Å². The summed E-state index contributed by atoms with van der Waals surface area (Å²) in [4.78, 5) is 0. The molecule has 0 nitrogen and oxygen atoms in total. The van der Waals surface area contributed by atoms with Crippen LogP contribution in [0.5, 0.6) is 0 Å². The highest BCUT2D eigenvalue weighted by Crippen LogP contribution is 2.30. The van der Waals surface area contributed by atoms with E-state index < -0.39 is 0 Å². The molecule has 21 heavy (non-hydrogen) atoms. The molecule has 2 rings (SSSR count). The third kappa shape index (κ3) is 4.46. The molecule has 0 heterocycles. The van der Waals surface area contributed by atoms with Gasteiger partial charge in [0.05, 0.1) is 0 Å². The van der Waals surface area contributed by atoms with Crippen molar-refractivity contribution in [3.8, 4) is 0 Å². The summed E-state index contributed by atoms with van der Waals surface area (Å²) in [6.07, 6.45) is 18.9. The summed E-state index contributed by atoms with van der Waals surface area (Å²) in [6.45, 7) is 4.27. The van der Waals surface area contributed by atoms with Gasteiger partial charge in [-0.1, -0.05) is 73.7 Å². The first-order valence-corrected chi connectivity index (χ1v) is 7.81. The molecule has 0 saturated heterocycles. The first-order valence-electron chi connectivity index (χ1n) is 7.81. The van der Waals surface area contributed by atoms with E-state index in [0.29, 0.717) is 0 Å². The molecule has 0 heteroatoms. The summed E-state index contributed by atoms with van der Waals surface area (Å²) in [5, 5.41) is 0. The second-order valence-corrected chi connectivity index (χ2v) is 5.18. The zero-order chi connectivity index (χ0) is 14.9. The van der Waals surface area contributed by atoms with Crippen LogP contribution in [0.4, 0.5) is 0 Å². The Kier molecular flexibility index (Phi) is 6.02. The number of hydrogen-bond donors (Lipinski definition) is 0. The van der Waals surface area contributed by atoms with E-state index in [-0.39, 0.29) is 0 Å². The van der Waals surface area contributed by atoms with Crippen LogP contribution in [-0.4, -0.2) is 0 Å². The fourth-order valence-electron chi connectivity index (χ4n) is 2.45. The van der Waals surface area contributed by atoms with Gasteiger partial charge in [-0.25, -0.2) is 0 Å². The topological polar surface area (TPSA) is 0 Å². The molecule has 0 bridgehead atoms. The third-order valence-corrected chi connectivity index (χ3v) is 3.63. The van der Waals surface area contributed by atoms with Crippen LogP contribution in [0.15, 0.2) is 84.0 Å². The molecule has 0 saturated carbocycles. The van der Waals surface area contributed by atoms with Gasteiger partial charge in [-0.2, -0.15) is 0 Å². The van der Waals surface area contributed by atoms with Gasteiger partial charge in [0.15, 0.2) is 0 Å². The predicted octanol–water partition coefficient (Wildman–Crippen LogP) is 6.26. The third-order valence-electron chi connectivity index (χ3n) is 3.63. The average Bonchev–Trinajstić information content (AvgIpc) is 2.57. The van der Waals surface area contributed by atoms with Crippen molar-refractivity contribution in [2.75, 3.05) is 0 Å². The Bertz CT molecular complexity index is 592. The molecule has 0 amide bonds. The first kappa shape index (κ1) is 15.3. The second-order valence-electron chi connectivity index (χ2n) is 5.18. The van der Waals surface area contributed by atoms with Gasteiger partial charge < -0.3 is 0 Å². The largest absolute Gasteiger partial charge is 0.0842 e. The molecule has 1 aliphatic carbocycles. The molecule has 1 aromatic carbocycles. The van der Waals surface area contributed by atoms with Crippen LogP contribution in [0.1, 0.15) is 38.7 Å². The number of benzene rings is 1. The van der Waals surface area contributed by atoms with Crippen LogP contribution in [-0.2, 0) is 0 Å². The smallest absolute Gasteiger partial charge is 0.0146 e. The van der Waals surface area contributed by atoms with E-state index in [1.807, 2.05) is 0 Å². The summed E-state index contributed by atoms with van der Waals surface area (Å²) in [5.74, 6) is 0. The maximum Gasteiger partial charge on any atom is -0.0146 e. The minimum absolute atomic E-state index is 1.07. The summed E-state index contributed by atoms with van der Waals surface area (Å²) >= 11 is 0. The summed E-state index contributed by atoms with van der Waals surface area (Å²) in [7, 11) is 0. The Morgan fingerprint density at radius 2 is 2.00 bits per heavy atom. The molecule has 1 aliphatic rings. The second kappa shape index (κ2) is 8.26. The molecule has 0 N–H and O–H groups in total. The maximum atomic E-state index is 2.31. The normalized spacial score (nSPS) is 16.4. The number of rotatable bonds is 5. The summed E-state index contributed by atoms with van der Waals surface area (Å²) in [6, 6.07) is 10.7. The van der Waals surface area contributed by atoms with Gasteiger partial charge in [-0.15, -0.1) is 0 Å². The van der Waals surface area contributed by atoms with Crippen LogP contribution >= 0.6 is 0 Å². The Labute approximate surface area is 128 Å². The highest BCUT2D eigenvalue weighted by atomic mass is 14.1. The zero-order valence-electron chi connectivity index (χ0n) is 13.0. The zero-order valence-corrected chi connectivity index (χ0v) is 13.0. The maximum absolute atomic E-state index is 2.31. The Hall–Kier alpha value is -2.08. The minimum atomic E-state index is 1.07. The molecule has 0 atom stereocenters. The van der Waals surface area contributed by atoms with Crippen molar-refractivity contribution in [3.63, 3.8) is 0 Å². The fraction of sp³-hybridized carbons (Fsp3) is 0.238. The molecule has 0 aromatic heterocycles. The van der Waals surface area contributed by atoms with Gasteiger partial charge >= 0.3 is 0 Å². The Morgan fingerprint density at radius 1 is 1.19 bits per heavy atom. The van der Waals surface area contributed by atoms with Crippen molar-refractivity contribution < 1.29 is 0 Å². The van der Waals surface area contributed by atoms with Crippen molar-refractivity contribution in [2.45, 2.75) is 33.1 Å². The van der Waals surface area contributed by atoms with E-state index in [4.69, 9.17) is 0 Å². The molecule has 0 fully saturated rings. The van der Waals surface area contributed by atoms with E-state index in [2.05, 4.69) is 86.7 Å². The van der Waals surface area contributed by atoms with Crippen molar-refractivity contribution in [3.05, 3.63) is 89.6 Å². The average molecular weight is 276 g/mol. The lowest BCUT2D eigenvalue weighted by atomic mass is 9.90.